The number of hydrogen-bond donors (Lipinski definition) is 2. The molecule has 0 heterocycles. The topological polar surface area (TPSA) is 119 Å². The standard InChI is InChI=1S/C17H14F2N2O6/c1-27-14-6-5-10(21(25)26)7-9(14)8-13(17(23)24)20-16(22)11-3-2-4-12(18)15(11)19/h2-7,13H,8H2,1H3,(H,20,22)(H,23,24)/t13-/m1/s1. The zero-order valence-corrected chi connectivity index (χ0v) is 13.9. The van der Waals surface area contributed by atoms with Gasteiger partial charge < -0.3 is 15.2 Å². The van der Waals surface area contributed by atoms with E-state index in [2.05, 4.69) is 5.32 Å². The van der Waals surface area contributed by atoms with Crippen molar-refractivity contribution < 1.29 is 33.1 Å². The molecule has 2 rings (SSSR count). The fourth-order valence-electron chi connectivity index (χ4n) is 2.37. The molecule has 0 saturated carbocycles. The van der Waals surface area contributed by atoms with Gasteiger partial charge in [-0.25, -0.2) is 13.6 Å². The van der Waals surface area contributed by atoms with Crippen LogP contribution in [0.15, 0.2) is 36.4 Å². The summed E-state index contributed by atoms with van der Waals surface area (Å²) in [4.78, 5) is 33.9. The molecule has 10 heteroatoms. The van der Waals surface area contributed by atoms with Crippen LogP contribution in [0.25, 0.3) is 0 Å². The van der Waals surface area contributed by atoms with Crippen molar-refractivity contribution in [3.05, 3.63) is 69.3 Å². The maximum absolute atomic E-state index is 13.7. The summed E-state index contributed by atoms with van der Waals surface area (Å²) in [5, 5.41) is 22.3. The first-order valence-electron chi connectivity index (χ1n) is 7.53. The van der Waals surface area contributed by atoms with Crippen LogP contribution in [0.2, 0.25) is 0 Å². The number of benzene rings is 2. The van der Waals surface area contributed by atoms with Gasteiger partial charge in [0.25, 0.3) is 11.6 Å². The van der Waals surface area contributed by atoms with E-state index in [9.17, 15) is 33.6 Å². The highest BCUT2D eigenvalue weighted by Crippen LogP contribution is 2.25. The Labute approximate surface area is 151 Å². The minimum absolute atomic E-state index is 0.152. The second kappa shape index (κ2) is 8.21. The number of nitro groups is 1. The number of carbonyl (C=O) groups excluding carboxylic acids is 1. The van der Waals surface area contributed by atoms with Crippen LogP contribution in [0.1, 0.15) is 15.9 Å². The van der Waals surface area contributed by atoms with Crippen LogP contribution >= 0.6 is 0 Å². The van der Waals surface area contributed by atoms with Crippen molar-refractivity contribution in [3.8, 4) is 5.75 Å². The summed E-state index contributed by atoms with van der Waals surface area (Å²) < 4.78 is 32.0. The number of ether oxygens (including phenoxy) is 1. The molecule has 2 aromatic rings. The Morgan fingerprint density at radius 3 is 2.59 bits per heavy atom. The predicted octanol–water partition coefficient (Wildman–Crippen LogP) is 2.31. The van der Waals surface area contributed by atoms with Crippen molar-refractivity contribution in [2.24, 2.45) is 0 Å². The Balaban J connectivity index is 2.30. The molecule has 2 N–H and O–H groups in total. The van der Waals surface area contributed by atoms with Crippen molar-refractivity contribution in [2.75, 3.05) is 7.11 Å². The molecule has 142 valence electrons. The molecular formula is C17H14F2N2O6. The molecule has 8 nitrogen and oxygen atoms in total. The van der Waals surface area contributed by atoms with Crippen LogP contribution in [0.3, 0.4) is 0 Å². The first-order chi connectivity index (χ1) is 12.7. The van der Waals surface area contributed by atoms with E-state index in [-0.39, 0.29) is 23.4 Å². The van der Waals surface area contributed by atoms with Gasteiger partial charge in [0.2, 0.25) is 0 Å². The van der Waals surface area contributed by atoms with Crippen LogP contribution in [-0.4, -0.2) is 35.1 Å². The summed E-state index contributed by atoms with van der Waals surface area (Å²) in [6.45, 7) is 0. The number of nitrogens with zero attached hydrogens (tertiary/aromatic N) is 1. The Bertz CT molecular complexity index is 903. The van der Waals surface area contributed by atoms with E-state index in [1.54, 1.807) is 0 Å². The van der Waals surface area contributed by atoms with Gasteiger partial charge in [-0.3, -0.25) is 14.9 Å². The number of hydrogen-bond acceptors (Lipinski definition) is 5. The summed E-state index contributed by atoms with van der Waals surface area (Å²) in [6, 6.07) is 4.95. The molecule has 0 radical (unpaired) electrons. The minimum Gasteiger partial charge on any atom is -0.496 e. The van der Waals surface area contributed by atoms with Crippen molar-refractivity contribution in [2.45, 2.75) is 12.5 Å². The van der Waals surface area contributed by atoms with Gasteiger partial charge in [-0.05, 0) is 18.2 Å². The number of carboxylic acids is 1. The normalized spacial score (nSPS) is 11.5. The Morgan fingerprint density at radius 2 is 2.00 bits per heavy atom. The fourth-order valence-corrected chi connectivity index (χ4v) is 2.37. The lowest BCUT2D eigenvalue weighted by Crippen LogP contribution is -2.42. The molecule has 0 saturated heterocycles. The lowest BCUT2D eigenvalue weighted by molar-refractivity contribution is -0.384. The van der Waals surface area contributed by atoms with Gasteiger partial charge in [-0.2, -0.15) is 0 Å². The highest BCUT2D eigenvalue weighted by atomic mass is 19.2. The van der Waals surface area contributed by atoms with E-state index in [0.717, 1.165) is 24.3 Å². The number of rotatable bonds is 7. The van der Waals surface area contributed by atoms with Gasteiger partial charge in [-0.1, -0.05) is 6.07 Å². The maximum Gasteiger partial charge on any atom is 0.326 e. The largest absolute Gasteiger partial charge is 0.496 e. The third-order valence-electron chi connectivity index (χ3n) is 3.70. The van der Waals surface area contributed by atoms with Gasteiger partial charge >= 0.3 is 5.97 Å². The summed E-state index contributed by atoms with van der Waals surface area (Å²) >= 11 is 0. The Kier molecular flexibility index (Phi) is 6.01. The molecule has 27 heavy (non-hydrogen) atoms. The molecule has 0 spiro atoms. The fraction of sp³-hybridized carbons (Fsp3) is 0.176. The zero-order chi connectivity index (χ0) is 20.1. The zero-order valence-electron chi connectivity index (χ0n) is 13.9. The number of aliphatic carboxylic acids is 1. The van der Waals surface area contributed by atoms with E-state index in [4.69, 9.17) is 4.74 Å². The number of halogens is 2. The second-order valence-electron chi connectivity index (χ2n) is 5.42. The highest BCUT2D eigenvalue weighted by Gasteiger charge is 2.25. The van der Waals surface area contributed by atoms with Crippen molar-refractivity contribution in [1.29, 1.82) is 0 Å². The van der Waals surface area contributed by atoms with Gasteiger partial charge in [-0.15, -0.1) is 0 Å². The molecule has 0 fully saturated rings. The molecule has 1 amide bonds. The molecular weight excluding hydrogens is 366 g/mol. The number of carbonyl (C=O) groups is 2. The smallest absolute Gasteiger partial charge is 0.326 e. The summed E-state index contributed by atoms with van der Waals surface area (Å²) in [6.07, 6.45) is -0.372. The number of carboxylic acid groups (broad SMARTS) is 1. The number of nitro benzene ring substituents is 1. The predicted molar refractivity (Wildman–Crippen MR) is 88.6 cm³/mol. The average Bonchev–Trinajstić information content (AvgIpc) is 2.62. The quantitative estimate of drug-likeness (QED) is 0.562. The third-order valence-corrected chi connectivity index (χ3v) is 3.70. The average molecular weight is 380 g/mol. The number of nitrogens with one attached hydrogen (secondary N) is 1. The van der Waals surface area contributed by atoms with Gasteiger partial charge in [0.15, 0.2) is 11.6 Å². The lowest BCUT2D eigenvalue weighted by Gasteiger charge is -2.16. The molecule has 0 aromatic heterocycles. The van der Waals surface area contributed by atoms with E-state index in [1.165, 1.54) is 19.2 Å². The van der Waals surface area contributed by atoms with Crippen LogP contribution in [-0.2, 0) is 11.2 Å². The third kappa shape index (κ3) is 4.54. The highest BCUT2D eigenvalue weighted by molar-refractivity contribution is 5.96. The molecule has 1 atom stereocenters. The molecule has 2 aromatic carbocycles. The molecule has 0 aliphatic rings. The summed E-state index contributed by atoms with van der Waals surface area (Å²) in [5.41, 5.74) is -0.802. The number of methoxy groups -OCH3 is 1. The second-order valence-corrected chi connectivity index (χ2v) is 5.42. The molecule has 0 aliphatic carbocycles. The van der Waals surface area contributed by atoms with Gasteiger partial charge in [0.05, 0.1) is 17.6 Å². The van der Waals surface area contributed by atoms with E-state index >= 15 is 0 Å². The monoisotopic (exact) mass is 380 g/mol. The van der Waals surface area contributed by atoms with E-state index in [1.807, 2.05) is 0 Å². The lowest BCUT2D eigenvalue weighted by atomic mass is 10.0. The molecule has 0 unspecified atom stereocenters. The number of non-ortho nitro benzene ring substituents is 1. The van der Waals surface area contributed by atoms with Crippen LogP contribution in [0.5, 0.6) is 5.75 Å². The van der Waals surface area contributed by atoms with Crippen molar-refractivity contribution >= 4 is 17.6 Å². The maximum atomic E-state index is 13.7. The van der Waals surface area contributed by atoms with E-state index in [0.29, 0.717) is 0 Å². The number of amides is 1. The van der Waals surface area contributed by atoms with Crippen LogP contribution in [0.4, 0.5) is 14.5 Å². The van der Waals surface area contributed by atoms with E-state index < -0.39 is 40.0 Å². The minimum atomic E-state index is -1.56. The van der Waals surface area contributed by atoms with Crippen LogP contribution < -0.4 is 10.1 Å². The molecule has 0 aliphatic heterocycles. The first kappa shape index (κ1) is 19.8. The van der Waals surface area contributed by atoms with Crippen molar-refractivity contribution in [3.63, 3.8) is 0 Å². The Morgan fingerprint density at radius 1 is 1.30 bits per heavy atom. The SMILES string of the molecule is COc1ccc([N+](=O)[O-])cc1C[C@@H](NC(=O)c1cccc(F)c1F)C(=O)O. The molecule has 0 bridgehead atoms. The van der Waals surface area contributed by atoms with Crippen molar-refractivity contribution in [1.82, 2.24) is 5.32 Å². The van der Waals surface area contributed by atoms with Gasteiger partial charge in [0.1, 0.15) is 11.8 Å². The van der Waals surface area contributed by atoms with Crippen LogP contribution in [0, 0.1) is 21.7 Å². The summed E-state index contributed by atoms with van der Waals surface area (Å²) in [7, 11) is 1.29. The summed E-state index contributed by atoms with van der Waals surface area (Å²) in [5.74, 6) is -5.09. The van der Waals surface area contributed by atoms with Gasteiger partial charge in [0, 0.05) is 24.1 Å². The Hall–Kier alpha value is -3.56. The first-order valence-corrected chi connectivity index (χ1v) is 7.53.